The minimum atomic E-state index is 0.580. The first-order valence-electron chi connectivity index (χ1n) is 6.85. The van der Waals surface area contributed by atoms with Gasteiger partial charge >= 0.3 is 0 Å². The molecule has 1 aliphatic carbocycles. The molecule has 1 nitrogen and oxygen atoms in total. The second-order valence-corrected chi connectivity index (χ2v) is 5.41. The topological polar surface area (TPSA) is 9.23 Å². The van der Waals surface area contributed by atoms with E-state index in [2.05, 4.69) is 39.0 Å². The van der Waals surface area contributed by atoms with E-state index in [0.717, 1.165) is 18.1 Å². The number of hydrogen-bond acceptors (Lipinski definition) is 1. The highest BCUT2D eigenvalue weighted by Crippen LogP contribution is 2.46. The molecular formula is C16H24O. The van der Waals surface area contributed by atoms with Crippen molar-refractivity contribution in [3.63, 3.8) is 0 Å². The lowest BCUT2D eigenvalue weighted by Gasteiger charge is -2.21. The normalized spacial score (nSPS) is 18.8. The molecule has 0 aliphatic heterocycles. The molecule has 1 aromatic carbocycles. The summed E-state index contributed by atoms with van der Waals surface area (Å²) in [6.45, 7) is 6.86. The van der Waals surface area contributed by atoms with E-state index in [1.807, 2.05) is 7.11 Å². The molecule has 0 bridgehead atoms. The third-order valence-corrected chi connectivity index (χ3v) is 4.24. The summed E-state index contributed by atoms with van der Waals surface area (Å²) in [5.74, 6) is 3.25. The second-order valence-electron chi connectivity index (χ2n) is 5.41. The Hall–Kier alpha value is -0.980. The molecule has 1 fully saturated rings. The van der Waals surface area contributed by atoms with Crippen LogP contribution in [-0.4, -0.2) is 7.11 Å². The van der Waals surface area contributed by atoms with Crippen LogP contribution in [0.25, 0.3) is 0 Å². The minimum Gasteiger partial charge on any atom is -0.496 e. The van der Waals surface area contributed by atoms with E-state index in [1.165, 1.54) is 24.0 Å². The lowest BCUT2D eigenvalue weighted by molar-refractivity contribution is 0.395. The van der Waals surface area contributed by atoms with E-state index in [9.17, 15) is 0 Å². The first kappa shape index (κ1) is 12.5. The first-order chi connectivity index (χ1) is 8.19. The summed E-state index contributed by atoms with van der Waals surface area (Å²) in [5.41, 5.74) is 2.78. The molecule has 1 aliphatic rings. The van der Waals surface area contributed by atoms with E-state index >= 15 is 0 Å². The van der Waals surface area contributed by atoms with Gasteiger partial charge in [-0.05, 0) is 48.1 Å². The van der Waals surface area contributed by atoms with Gasteiger partial charge in [-0.3, -0.25) is 0 Å². The van der Waals surface area contributed by atoms with Crippen LogP contribution >= 0.6 is 0 Å². The third-order valence-electron chi connectivity index (χ3n) is 4.24. The first-order valence-corrected chi connectivity index (χ1v) is 6.85. The van der Waals surface area contributed by atoms with E-state index < -0.39 is 0 Å². The van der Waals surface area contributed by atoms with E-state index in [4.69, 9.17) is 4.74 Å². The van der Waals surface area contributed by atoms with Gasteiger partial charge in [0, 0.05) is 0 Å². The average molecular weight is 232 g/mol. The van der Waals surface area contributed by atoms with Crippen molar-refractivity contribution in [3.05, 3.63) is 29.3 Å². The number of para-hydroxylation sites is 1. The zero-order valence-corrected chi connectivity index (χ0v) is 11.5. The third kappa shape index (κ3) is 2.48. The van der Waals surface area contributed by atoms with Gasteiger partial charge in [-0.2, -0.15) is 0 Å². The van der Waals surface area contributed by atoms with Gasteiger partial charge in [-0.25, -0.2) is 0 Å². The standard InChI is InChI=1S/C16H24O/c1-5-11(2)14-7-6-8-15(16(14)17-4)12(3)13-9-10-13/h6-8,11-13H,5,9-10H2,1-4H3/t11-,12-/m1/s1. The number of ether oxygens (including phenoxy) is 1. The molecular weight excluding hydrogens is 208 g/mol. The predicted octanol–water partition coefficient (Wildman–Crippen LogP) is 4.72. The Bertz CT molecular complexity index is 379. The van der Waals surface area contributed by atoms with Crippen molar-refractivity contribution >= 4 is 0 Å². The zero-order valence-electron chi connectivity index (χ0n) is 11.5. The van der Waals surface area contributed by atoms with E-state index in [0.29, 0.717) is 11.8 Å². The molecule has 94 valence electrons. The Morgan fingerprint density at radius 3 is 2.41 bits per heavy atom. The molecule has 0 saturated heterocycles. The second kappa shape index (κ2) is 5.12. The number of benzene rings is 1. The molecule has 17 heavy (non-hydrogen) atoms. The Kier molecular flexibility index (Phi) is 3.76. The van der Waals surface area contributed by atoms with Gasteiger partial charge in [0.25, 0.3) is 0 Å². The van der Waals surface area contributed by atoms with Crippen LogP contribution in [-0.2, 0) is 0 Å². The summed E-state index contributed by atoms with van der Waals surface area (Å²) in [6, 6.07) is 6.65. The van der Waals surface area contributed by atoms with Crippen molar-refractivity contribution in [2.75, 3.05) is 7.11 Å². The monoisotopic (exact) mass is 232 g/mol. The van der Waals surface area contributed by atoms with Crippen molar-refractivity contribution in [2.45, 2.75) is 51.9 Å². The number of hydrogen-bond donors (Lipinski definition) is 0. The largest absolute Gasteiger partial charge is 0.496 e. The van der Waals surface area contributed by atoms with Gasteiger partial charge < -0.3 is 4.74 Å². The molecule has 2 atom stereocenters. The fourth-order valence-corrected chi connectivity index (χ4v) is 2.63. The molecule has 1 saturated carbocycles. The Morgan fingerprint density at radius 1 is 1.24 bits per heavy atom. The van der Waals surface area contributed by atoms with Crippen molar-refractivity contribution in [1.82, 2.24) is 0 Å². The van der Waals surface area contributed by atoms with Gasteiger partial charge in [0.1, 0.15) is 5.75 Å². The molecule has 0 unspecified atom stereocenters. The predicted molar refractivity (Wildman–Crippen MR) is 72.8 cm³/mol. The fourth-order valence-electron chi connectivity index (χ4n) is 2.63. The van der Waals surface area contributed by atoms with Crippen LogP contribution in [0.2, 0.25) is 0 Å². The van der Waals surface area contributed by atoms with Crippen molar-refractivity contribution in [3.8, 4) is 5.75 Å². The quantitative estimate of drug-likeness (QED) is 0.713. The summed E-state index contributed by atoms with van der Waals surface area (Å²) >= 11 is 0. The smallest absolute Gasteiger partial charge is 0.125 e. The summed E-state index contributed by atoms with van der Waals surface area (Å²) in [7, 11) is 1.81. The van der Waals surface area contributed by atoms with Gasteiger partial charge in [0.2, 0.25) is 0 Å². The summed E-state index contributed by atoms with van der Waals surface area (Å²) in [5, 5.41) is 0. The Labute approximate surface area is 105 Å². The molecule has 0 aromatic heterocycles. The molecule has 2 rings (SSSR count). The number of rotatable bonds is 5. The van der Waals surface area contributed by atoms with Gasteiger partial charge in [-0.1, -0.05) is 39.0 Å². The number of methoxy groups -OCH3 is 1. The van der Waals surface area contributed by atoms with Crippen LogP contribution in [0, 0.1) is 5.92 Å². The Balaban J connectivity index is 2.37. The summed E-state index contributed by atoms with van der Waals surface area (Å²) in [4.78, 5) is 0. The maximum atomic E-state index is 5.70. The van der Waals surface area contributed by atoms with Gasteiger partial charge in [0.15, 0.2) is 0 Å². The highest BCUT2D eigenvalue weighted by molar-refractivity contribution is 5.45. The van der Waals surface area contributed by atoms with Crippen LogP contribution in [0.4, 0.5) is 0 Å². The van der Waals surface area contributed by atoms with Gasteiger partial charge in [-0.15, -0.1) is 0 Å². The lowest BCUT2D eigenvalue weighted by atomic mass is 9.89. The van der Waals surface area contributed by atoms with Crippen LogP contribution in [0.1, 0.15) is 63.0 Å². The van der Waals surface area contributed by atoms with E-state index in [1.54, 1.807) is 0 Å². The highest BCUT2D eigenvalue weighted by Gasteiger charge is 2.31. The molecule has 1 aromatic rings. The van der Waals surface area contributed by atoms with Crippen LogP contribution < -0.4 is 4.74 Å². The zero-order chi connectivity index (χ0) is 12.4. The molecule has 0 spiro atoms. The molecule has 0 heterocycles. The van der Waals surface area contributed by atoms with Gasteiger partial charge in [0.05, 0.1) is 7.11 Å². The fraction of sp³-hybridized carbons (Fsp3) is 0.625. The maximum absolute atomic E-state index is 5.70. The maximum Gasteiger partial charge on any atom is 0.125 e. The van der Waals surface area contributed by atoms with Crippen LogP contribution in [0.3, 0.4) is 0 Å². The average Bonchev–Trinajstić information content (AvgIpc) is 3.20. The highest BCUT2D eigenvalue weighted by atomic mass is 16.5. The van der Waals surface area contributed by atoms with Crippen molar-refractivity contribution < 1.29 is 4.74 Å². The SMILES string of the molecule is CC[C@@H](C)c1cccc([C@H](C)C2CC2)c1OC. The van der Waals surface area contributed by atoms with Crippen molar-refractivity contribution in [1.29, 1.82) is 0 Å². The molecule has 0 N–H and O–H groups in total. The van der Waals surface area contributed by atoms with E-state index in [-0.39, 0.29) is 0 Å². The van der Waals surface area contributed by atoms with Crippen LogP contribution in [0.5, 0.6) is 5.75 Å². The Morgan fingerprint density at radius 2 is 1.88 bits per heavy atom. The summed E-state index contributed by atoms with van der Waals surface area (Å²) in [6.07, 6.45) is 3.94. The van der Waals surface area contributed by atoms with Crippen LogP contribution in [0.15, 0.2) is 18.2 Å². The molecule has 0 amide bonds. The summed E-state index contributed by atoms with van der Waals surface area (Å²) < 4.78 is 5.70. The minimum absolute atomic E-state index is 0.580. The van der Waals surface area contributed by atoms with Crippen molar-refractivity contribution in [2.24, 2.45) is 5.92 Å². The molecule has 1 heteroatoms. The lowest BCUT2D eigenvalue weighted by Crippen LogP contribution is -2.04. The molecule has 0 radical (unpaired) electrons.